The second kappa shape index (κ2) is 9.69. The van der Waals surface area contributed by atoms with E-state index in [0.29, 0.717) is 49.8 Å². The average Bonchev–Trinajstić information content (AvgIpc) is 2.84. The monoisotopic (exact) mass is 468 g/mol. The Morgan fingerprint density at radius 1 is 0.970 bits per heavy atom. The lowest BCUT2D eigenvalue weighted by Gasteiger charge is -2.35. The number of carbonyl (C=O) groups is 1. The van der Waals surface area contributed by atoms with Crippen LogP contribution in [-0.4, -0.2) is 54.8 Å². The summed E-state index contributed by atoms with van der Waals surface area (Å²) in [6.45, 7) is 6.12. The van der Waals surface area contributed by atoms with Crippen molar-refractivity contribution in [3.8, 4) is 5.75 Å². The van der Waals surface area contributed by atoms with Gasteiger partial charge in [-0.1, -0.05) is 44.2 Å². The van der Waals surface area contributed by atoms with Gasteiger partial charge in [0, 0.05) is 32.1 Å². The molecule has 4 rings (SSSR count). The van der Waals surface area contributed by atoms with Crippen molar-refractivity contribution in [2.24, 2.45) is 5.92 Å². The molecule has 176 valence electrons. The molecule has 1 saturated heterocycles. The lowest BCUT2D eigenvalue weighted by molar-refractivity contribution is -0.136. The minimum atomic E-state index is -3.54. The Morgan fingerprint density at radius 2 is 1.61 bits per heavy atom. The molecule has 0 saturated carbocycles. The molecule has 1 fully saturated rings. The van der Waals surface area contributed by atoms with Gasteiger partial charge in [0.05, 0.1) is 4.90 Å². The molecule has 0 radical (unpaired) electrons. The van der Waals surface area contributed by atoms with Crippen LogP contribution >= 0.6 is 0 Å². The van der Waals surface area contributed by atoms with Crippen LogP contribution in [0.25, 0.3) is 5.57 Å². The third-order valence-electron chi connectivity index (χ3n) is 6.75. The summed E-state index contributed by atoms with van der Waals surface area (Å²) in [7, 11) is -3.54. The Labute approximate surface area is 196 Å². The van der Waals surface area contributed by atoms with E-state index in [9.17, 15) is 18.3 Å². The van der Waals surface area contributed by atoms with E-state index in [0.717, 1.165) is 17.5 Å². The molecule has 2 aromatic rings. The maximum absolute atomic E-state index is 13.1. The quantitative estimate of drug-likeness (QED) is 0.712. The molecule has 0 aromatic heterocycles. The molecule has 0 spiro atoms. The Balaban J connectivity index is 1.34. The third-order valence-corrected chi connectivity index (χ3v) is 8.66. The maximum atomic E-state index is 13.1. The molecule has 2 heterocycles. The summed E-state index contributed by atoms with van der Waals surface area (Å²) < 4.78 is 27.6. The van der Waals surface area contributed by atoms with Gasteiger partial charge in [0.1, 0.15) is 5.75 Å². The van der Waals surface area contributed by atoms with Gasteiger partial charge in [0.25, 0.3) is 0 Å². The fourth-order valence-electron chi connectivity index (χ4n) is 4.58. The summed E-state index contributed by atoms with van der Waals surface area (Å²) in [5, 5.41) is 9.47. The van der Waals surface area contributed by atoms with Crippen molar-refractivity contribution >= 4 is 21.5 Å². The van der Waals surface area contributed by atoms with Crippen LogP contribution < -0.4 is 0 Å². The zero-order valence-corrected chi connectivity index (χ0v) is 20.1. The van der Waals surface area contributed by atoms with E-state index in [2.05, 4.69) is 19.9 Å². The molecule has 2 aromatic carbocycles. The molecule has 1 N–H and O–H groups in total. The van der Waals surface area contributed by atoms with Crippen molar-refractivity contribution in [1.29, 1.82) is 0 Å². The zero-order valence-electron chi connectivity index (χ0n) is 19.3. The molecule has 0 unspecified atom stereocenters. The SMILES string of the molecule is CC(C)c1ccc(S(=O)(=O)N2CCC(C(=O)N3CC=C(c4ccc(O)cc4)CC3)CC2)cc1. The average molecular weight is 469 g/mol. The van der Waals surface area contributed by atoms with Gasteiger partial charge in [-0.2, -0.15) is 4.31 Å². The number of phenolic OH excluding ortho intramolecular Hbond substituents is 1. The number of piperidine rings is 1. The number of phenols is 1. The van der Waals surface area contributed by atoms with Gasteiger partial charge in [-0.05, 0) is 66.1 Å². The van der Waals surface area contributed by atoms with E-state index in [-0.39, 0.29) is 17.6 Å². The number of amides is 1. The summed E-state index contributed by atoms with van der Waals surface area (Å²) in [4.78, 5) is 15.3. The van der Waals surface area contributed by atoms with Crippen LogP contribution in [0.15, 0.2) is 59.5 Å². The van der Waals surface area contributed by atoms with Crippen molar-refractivity contribution in [3.63, 3.8) is 0 Å². The first-order valence-electron chi connectivity index (χ1n) is 11.6. The van der Waals surface area contributed by atoms with Crippen LogP contribution in [0.1, 0.15) is 50.2 Å². The molecule has 7 heteroatoms. The fourth-order valence-corrected chi connectivity index (χ4v) is 6.05. The standard InChI is InChI=1S/C26H32N2O4S/c1-19(2)20-5-9-25(10-6-20)33(31,32)28-17-13-23(14-18-28)26(30)27-15-11-22(12-16-27)21-3-7-24(29)8-4-21/h3-11,19,23,29H,12-18H2,1-2H3. The summed E-state index contributed by atoms with van der Waals surface area (Å²) in [5.74, 6) is 0.580. The second-order valence-electron chi connectivity index (χ2n) is 9.21. The Kier molecular flexibility index (Phi) is 6.91. The van der Waals surface area contributed by atoms with Gasteiger partial charge in [0.15, 0.2) is 0 Å². The molecule has 0 atom stereocenters. The van der Waals surface area contributed by atoms with Gasteiger partial charge < -0.3 is 10.0 Å². The van der Waals surface area contributed by atoms with E-state index >= 15 is 0 Å². The van der Waals surface area contributed by atoms with Crippen LogP contribution in [0, 0.1) is 5.92 Å². The number of carbonyl (C=O) groups excluding carboxylic acids is 1. The molecule has 0 aliphatic carbocycles. The predicted molar refractivity (Wildman–Crippen MR) is 129 cm³/mol. The van der Waals surface area contributed by atoms with Crippen LogP contribution in [0.2, 0.25) is 0 Å². The molecule has 2 aliphatic rings. The highest BCUT2D eigenvalue weighted by molar-refractivity contribution is 7.89. The van der Waals surface area contributed by atoms with Gasteiger partial charge in [0.2, 0.25) is 15.9 Å². The van der Waals surface area contributed by atoms with E-state index < -0.39 is 10.0 Å². The first-order chi connectivity index (χ1) is 15.8. The van der Waals surface area contributed by atoms with Crippen molar-refractivity contribution in [3.05, 3.63) is 65.7 Å². The van der Waals surface area contributed by atoms with Crippen molar-refractivity contribution < 1.29 is 18.3 Å². The van der Waals surface area contributed by atoms with Crippen molar-refractivity contribution in [2.45, 2.75) is 43.9 Å². The van der Waals surface area contributed by atoms with Crippen LogP contribution in [0.3, 0.4) is 0 Å². The minimum Gasteiger partial charge on any atom is -0.508 e. The first-order valence-corrected chi connectivity index (χ1v) is 13.1. The van der Waals surface area contributed by atoms with E-state index in [1.54, 1.807) is 24.3 Å². The first kappa shape index (κ1) is 23.5. The Bertz CT molecular complexity index is 1110. The smallest absolute Gasteiger partial charge is 0.243 e. The van der Waals surface area contributed by atoms with Gasteiger partial charge in [-0.25, -0.2) is 8.42 Å². The normalized spacial score (nSPS) is 18.4. The summed E-state index contributed by atoms with van der Waals surface area (Å²) in [6, 6.07) is 14.3. The highest BCUT2D eigenvalue weighted by atomic mass is 32.2. The molecular weight excluding hydrogens is 436 g/mol. The molecule has 1 amide bonds. The second-order valence-corrected chi connectivity index (χ2v) is 11.2. The topological polar surface area (TPSA) is 77.9 Å². The van der Waals surface area contributed by atoms with Crippen LogP contribution in [-0.2, 0) is 14.8 Å². The van der Waals surface area contributed by atoms with E-state index in [1.807, 2.05) is 29.2 Å². The number of hydrogen-bond donors (Lipinski definition) is 1. The largest absolute Gasteiger partial charge is 0.508 e. The van der Waals surface area contributed by atoms with Crippen LogP contribution in [0.5, 0.6) is 5.75 Å². The number of nitrogens with zero attached hydrogens (tertiary/aromatic N) is 2. The lowest BCUT2D eigenvalue weighted by atomic mass is 9.94. The molecule has 0 bridgehead atoms. The lowest BCUT2D eigenvalue weighted by Crippen LogP contribution is -2.45. The third kappa shape index (κ3) is 5.14. The number of sulfonamides is 1. The molecular formula is C26H32N2O4S. The fraction of sp³-hybridized carbons (Fsp3) is 0.423. The Hall–Kier alpha value is -2.64. The van der Waals surface area contributed by atoms with Gasteiger partial charge in [-0.3, -0.25) is 4.79 Å². The van der Waals surface area contributed by atoms with E-state index in [1.165, 1.54) is 9.88 Å². The highest BCUT2D eigenvalue weighted by Crippen LogP contribution is 2.29. The number of rotatable bonds is 5. The minimum absolute atomic E-state index is 0.120. The number of benzene rings is 2. The molecule has 33 heavy (non-hydrogen) atoms. The maximum Gasteiger partial charge on any atom is 0.243 e. The predicted octanol–water partition coefficient (Wildman–Crippen LogP) is 4.23. The summed E-state index contributed by atoms with van der Waals surface area (Å²) >= 11 is 0. The van der Waals surface area contributed by atoms with Crippen molar-refractivity contribution in [1.82, 2.24) is 9.21 Å². The zero-order chi connectivity index (χ0) is 23.6. The van der Waals surface area contributed by atoms with Gasteiger partial charge >= 0.3 is 0 Å². The number of hydrogen-bond acceptors (Lipinski definition) is 4. The summed E-state index contributed by atoms with van der Waals surface area (Å²) in [5.41, 5.74) is 3.37. The number of aromatic hydroxyl groups is 1. The Morgan fingerprint density at radius 3 is 2.15 bits per heavy atom. The highest BCUT2D eigenvalue weighted by Gasteiger charge is 2.34. The summed E-state index contributed by atoms with van der Waals surface area (Å²) in [6.07, 6.45) is 3.95. The molecule has 2 aliphatic heterocycles. The van der Waals surface area contributed by atoms with E-state index in [4.69, 9.17) is 0 Å². The van der Waals surface area contributed by atoms with Gasteiger partial charge in [-0.15, -0.1) is 0 Å². The van der Waals surface area contributed by atoms with Crippen molar-refractivity contribution in [2.75, 3.05) is 26.2 Å². The molecule has 6 nitrogen and oxygen atoms in total. The van der Waals surface area contributed by atoms with Crippen LogP contribution in [0.4, 0.5) is 0 Å².